The molecule has 0 aliphatic heterocycles. The Labute approximate surface area is 167 Å². The number of anilines is 1. The summed E-state index contributed by atoms with van der Waals surface area (Å²) in [5, 5.41) is 10.8. The zero-order valence-corrected chi connectivity index (χ0v) is 15.9. The standard InChI is InChI=1S/C19H18N6O2S/c1-2-27-19(26)21-18(28)25-24-17-20-15(13-9-5-3-6-10-13)16(22-23-17)14-11-7-4-8-12-14/h3-12H,2H2,1H3,(H,20,23,24)(H2,21,25,26,28). The van der Waals surface area contributed by atoms with E-state index in [-0.39, 0.29) is 17.7 Å². The number of alkyl carbamates (subject to hydrolysis) is 1. The van der Waals surface area contributed by atoms with E-state index < -0.39 is 6.09 Å². The molecule has 28 heavy (non-hydrogen) atoms. The van der Waals surface area contributed by atoms with Crippen LogP contribution in [-0.2, 0) is 4.74 Å². The molecule has 8 nitrogen and oxygen atoms in total. The van der Waals surface area contributed by atoms with Gasteiger partial charge in [-0.2, -0.15) is 0 Å². The maximum atomic E-state index is 11.4. The van der Waals surface area contributed by atoms with E-state index in [0.717, 1.165) is 11.1 Å². The smallest absolute Gasteiger partial charge is 0.413 e. The van der Waals surface area contributed by atoms with Crippen LogP contribution in [0.4, 0.5) is 10.7 Å². The fraction of sp³-hybridized carbons (Fsp3) is 0.105. The second-order valence-electron chi connectivity index (χ2n) is 5.49. The maximum absolute atomic E-state index is 11.4. The molecule has 0 bridgehead atoms. The van der Waals surface area contributed by atoms with Crippen molar-refractivity contribution in [1.29, 1.82) is 0 Å². The number of amides is 1. The average Bonchev–Trinajstić information content (AvgIpc) is 2.73. The summed E-state index contributed by atoms with van der Waals surface area (Å²) in [6.07, 6.45) is -0.648. The molecule has 1 heterocycles. The molecule has 1 aromatic heterocycles. The second kappa shape index (κ2) is 9.38. The van der Waals surface area contributed by atoms with Gasteiger partial charge in [0.1, 0.15) is 11.4 Å². The lowest BCUT2D eigenvalue weighted by Crippen LogP contribution is -2.42. The third kappa shape index (κ3) is 4.98. The van der Waals surface area contributed by atoms with E-state index in [1.807, 2.05) is 60.7 Å². The molecule has 2 aromatic carbocycles. The Morgan fingerprint density at radius 2 is 1.57 bits per heavy atom. The minimum atomic E-state index is -0.648. The van der Waals surface area contributed by atoms with Crippen LogP contribution in [0.1, 0.15) is 6.92 Å². The molecule has 9 heteroatoms. The molecule has 0 aliphatic carbocycles. The minimum absolute atomic E-state index is 0.0236. The average molecular weight is 394 g/mol. The lowest BCUT2D eigenvalue weighted by molar-refractivity contribution is 0.157. The van der Waals surface area contributed by atoms with Gasteiger partial charge in [-0.05, 0) is 19.1 Å². The quantitative estimate of drug-likeness (QED) is 0.448. The number of nitrogens with one attached hydrogen (secondary N) is 3. The van der Waals surface area contributed by atoms with Crippen molar-refractivity contribution in [2.24, 2.45) is 0 Å². The number of hydrogen-bond donors (Lipinski definition) is 3. The van der Waals surface area contributed by atoms with Gasteiger partial charge in [0.05, 0.1) is 6.61 Å². The van der Waals surface area contributed by atoms with Crippen molar-refractivity contribution in [1.82, 2.24) is 25.9 Å². The monoisotopic (exact) mass is 394 g/mol. The fourth-order valence-corrected chi connectivity index (χ4v) is 2.50. The molecule has 0 radical (unpaired) electrons. The molecule has 3 aromatic rings. The van der Waals surface area contributed by atoms with Crippen molar-refractivity contribution in [2.45, 2.75) is 6.92 Å². The van der Waals surface area contributed by atoms with Crippen molar-refractivity contribution in [3.8, 4) is 22.5 Å². The molecule has 3 rings (SSSR count). The Bertz CT molecular complexity index is 953. The first-order valence-corrected chi connectivity index (χ1v) is 8.93. The summed E-state index contributed by atoms with van der Waals surface area (Å²) >= 11 is 5.01. The number of thiocarbonyl (C=S) groups is 1. The summed E-state index contributed by atoms with van der Waals surface area (Å²) in [7, 11) is 0. The van der Waals surface area contributed by atoms with E-state index >= 15 is 0 Å². The number of aromatic nitrogens is 3. The molecule has 3 N–H and O–H groups in total. The number of hydrogen-bond acceptors (Lipinski definition) is 7. The Hall–Kier alpha value is -3.59. The van der Waals surface area contributed by atoms with Crippen molar-refractivity contribution in [2.75, 3.05) is 12.0 Å². The van der Waals surface area contributed by atoms with Crippen LogP contribution in [0, 0.1) is 0 Å². The summed E-state index contributed by atoms with van der Waals surface area (Å²) in [4.78, 5) is 15.9. The minimum Gasteiger partial charge on any atom is -0.450 e. The van der Waals surface area contributed by atoms with Crippen molar-refractivity contribution in [3.05, 3.63) is 60.7 Å². The molecule has 142 valence electrons. The van der Waals surface area contributed by atoms with Crippen LogP contribution in [0.3, 0.4) is 0 Å². The lowest BCUT2D eigenvalue weighted by Gasteiger charge is -2.12. The molecule has 0 fully saturated rings. The first-order valence-electron chi connectivity index (χ1n) is 8.52. The summed E-state index contributed by atoms with van der Waals surface area (Å²) < 4.78 is 4.76. The maximum Gasteiger partial charge on any atom is 0.413 e. The van der Waals surface area contributed by atoms with Gasteiger partial charge in [-0.15, -0.1) is 10.2 Å². The Morgan fingerprint density at radius 1 is 0.964 bits per heavy atom. The highest BCUT2D eigenvalue weighted by Gasteiger charge is 2.13. The molecule has 0 atom stereocenters. The van der Waals surface area contributed by atoms with Crippen LogP contribution in [0.2, 0.25) is 0 Å². The molecule has 1 amide bonds. The van der Waals surface area contributed by atoms with E-state index in [9.17, 15) is 4.79 Å². The van der Waals surface area contributed by atoms with Gasteiger partial charge in [-0.25, -0.2) is 9.78 Å². The summed E-state index contributed by atoms with van der Waals surface area (Å²) in [5.41, 5.74) is 8.48. The molecule has 0 saturated carbocycles. The van der Waals surface area contributed by atoms with E-state index in [4.69, 9.17) is 17.0 Å². The van der Waals surface area contributed by atoms with Crippen LogP contribution in [-0.4, -0.2) is 33.0 Å². The number of benzene rings is 2. The predicted octanol–water partition coefficient (Wildman–Crippen LogP) is 3.15. The van der Waals surface area contributed by atoms with E-state index in [1.54, 1.807) is 6.92 Å². The Morgan fingerprint density at radius 3 is 2.18 bits per heavy atom. The second-order valence-corrected chi connectivity index (χ2v) is 5.90. The topological polar surface area (TPSA) is 101 Å². The van der Waals surface area contributed by atoms with Crippen LogP contribution in [0.15, 0.2) is 60.7 Å². The first-order chi connectivity index (χ1) is 13.7. The number of carbonyl (C=O) groups excluding carboxylic acids is 1. The van der Waals surface area contributed by atoms with Gasteiger partial charge in [-0.3, -0.25) is 16.2 Å². The molecule has 0 unspecified atom stereocenters. The highest BCUT2D eigenvalue weighted by molar-refractivity contribution is 7.80. The normalized spacial score (nSPS) is 10.0. The fourth-order valence-electron chi connectivity index (χ4n) is 2.37. The lowest BCUT2D eigenvalue weighted by atomic mass is 10.0. The van der Waals surface area contributed by atoms with Crippen LogP contribution < -0.4 is 16.2 Å². The summed E-state index contributed by atoms with van der Waals surface area (Å²) in [6.45, 7) is 1.95. The zero-order chi connectivity index (χ0) is 19.8. The van der Waals surface area contributed by atoms with Crippen molar-refractivity contribution in [3.63, 3.8) is 0 Å². The largest absolute Gasteiger partial charge is 0.450 e. The van der Waals surface area contributed by atoms with Gasteiger partial charge in [0, 0.05) is 11.1 Å². The molecule has 0 aliphatic rings. The zero-order valence-electron chi connectivity index (χ0n) is 15.0. The SMILES string of the molecule is CCOC(=O)NC(=S)NNc1nnc(-c2ccccc2)c(-c2ccccc2)n1. The number of ether oxygens (including phenoxy) is 1. The molecule has 0 spiro atoms. The molecule has 0 saturated heterocycles. The molecular weight excluding hydrogens is 376 g/mol. The van der Waals surface area contributed by atoms with Gasteiger partial charge in [0.15, 0.2) is 5.11 Å². The van der Waals surface area contributed by atoms with Crippen LogP contribution in [0.5, 0.6) is 0 Å². The van der Waals surface area contributed by atoms with Crippen LogP contribution in [0.25, 0.3) is 22.5 Å². The van der Waals surface area contributed by atoms with E-state index in [0.29, 0.717) is 11.4 Å². The Balaban J connectivity index is 1.83. The number of nitrogens with zero attached hydrogens (tertiary/aromatic N) is 3. The van der Waals surface area contributed by atoms with Crippen LogP contribution >= 0.6 is 12.2 Å². The summed E-state index contributed by atoms with van der Waals surface area (Å²) in [6, 6.07) is 19.4. The summed E-state index contributed by atoms with van der Waals surface area (Å²) in [5.74, 6) is 0.201. The predicted molar refractivity (Wildman–Crippen MR) is 110 cm³/mol. The van der Waals surface area contributed by atoms with Gasteiger partial charge < -0.3 is 4.74 Å². The van der Waals surface area contributed by atoms with Gasteiger partial charge in [0.25, 0.3) is 5.95 Å². The number of hydrazine groups is 1. The van der Waals surface area contributed by atoms with Gasteiger partial charge in [0.2, 0.25) is 0 Å². The van der Waals surface area contributed by atoms with Crippen molar-refractivity contribution < 1.29 is 9.53 Å². The van der Waals surface area contributed by atoms with Crippen molar-refractivity contribution >= 4 is 29.4 Å². The number of carbonyl (C=O) groups is 1. The van der Waals surface area contributed by atoms with E-state index in [1.165, 1.54) is 0 Å². The Kier molecular flexibility index (Phi) is 6.42. The highest BCUT2D eigenvalue weighted by Crippen LogP contribution is 2.28. The van der Waals surface area contributed by atoms with E-state index in [2.05, 4.69) is 31.3 Å². The third-order valence-corrected chi connectivity index (χ3v) is 3.76. The third-order valence-electron chi connectivity index (χ3n) is 3.56. The number of rotatable bonds is 5. The van der Waals surface area contributed by atoms with Gasteiger partial charge >= 0.3 is 6.09 Å². The first kappa shape index (κ1) is 19.2. The highest BCUT2D eigenvalue weighted by atomic mass is 32.1. The molecular formula is C19H18N6O2S. The van der Waals surface area contributed by atoms with Gasteiger partial charge in [-0.1, -0.05) is 60.7 Å².